The largest absolute Gasteiger partial charge is 0.486 e. The van der Waals surface area contributed by atoms with Crippen LogP contribution in [0.3, 0.4) is 0 Å². The molecule has 0 fully saturated rings. The van der Waals surface area contributed by atoms with Crippen molar-refractivity contribution in [1.29, 1.82) is 0 Å². The van der Waals surface area contributed by atoms with Gasteiger partial charge >= 0.3 is 0 Å². The Hall–Kier alpha value is -1.94. The highest BCUT2D eigenvalue weighted by molar-refractivity contribution is 5.45. The first-order valence-corrected chi connectivity index (χ1v) is 5.88. The highest BCUT2D eigenvalue weighted by Gasteiger charge is 2.18. The van der Waals surface area contributed by atoms with Gasteiger partial charge in [-0.25, -0.2) is 0 Å². The third-order valence-electron chi connectivity index (χ3n) is 2.91. The number of fused-ring (bicyclic) bond motifs is 1. The van der Waals surface area contributed by atoms with Crippen LogP contribution in [0.5, 0.6) is 11.5 Å². The van der Waals surface area contributed by atoms with Gasteiger partial charge in [-0.1, -0.05) is 6.07 Å². The van der Waals surface area contributed by atoms with E-state index in [1.54, 1.807) is 12.1 Å². The average molecular weight is 246 g/mol. The van der Waals surface area contributed by atoms with Gasteiger partial charge in [-0.15, -0.1) is 0 Å². The van der Waals surface area contributed by atoms with Crippen LogP contribution < -0.4 is 9.47 Å². The smallest absolute Gasteiger partial charge is 0.161 e. The van der Waals surface area contributed by atoms with Crippen molar-refractivity contribution in [2.45, 2.75) is 13.0 Å². The van der Waals surface area contributed by atoms with Crippen molar-refractivity contribution in [2.75, 3.05) is 13.2 Å². The molecule has 0 amide bonds. The Morgan fingerprint density at radius 3 is 2.56 bits per heavy atom. The topological polar surface area (TPSA) is 51.8 Å². The van der Waals surface area contributed by atoms with Gasteiger partial charge in [0.1, 0.15) is 30.8 Å². The lowest BCUT2D eigenvalue weighted by Crippen LogP contribution is -2.15. The maximum atomic E-state index is 10.2. The number of aryl methyl sites for hydroxylation is 1. The second-order valence-electron chi connectivity index (χ2n) is 4.25. The van der Waals surface area contributed by atoms with E-state index >= 15 is 0 Å². The Morgan fingerprint density at radius 2 is 1.83 bits per heavy atom. The number of hydrogen-bond donors (Lipinski definition) is 1. The molecule has 1 N–H and O–H groups in total. The van der Waals surface area contributed by atoms with Crippen LogP contribution in [-0.2, 0) is 0 Å². The minimum atomic E-state index is -0.783. The molecule has 1 aliphatic heterocycles. The molecule has 1 atom stereocenters. The van der Waals surface area contributed by atoms with Crippen LogP contribution in [0.2, 0.25) is 0 Å². The Labute approximate surface area is 105 Å². The van der Waals surface area contributed by atoms with Crippen LogP contribution in [0, 0.1) is 6.92 Å². The van der Waals surface area contributed by atoms with Crippen LogP contribution in [0.15, 0.2) is 34.7 Å². The molecule has 0 saturated heterocycles. The van der Waals surface area contributed by atoms with Crippen molar-refractivity contribution in [3.63, 3.8) is 0 Å². The molecule has 2 heterocycles. The molecule has 0 aliphatic carbocycles. The summed E-state index contributed by atoms with van der Waals surface area (Å²) in [5, 5.41) is 10.2. The summed E-state index contributed by atoms with van der Waals surface area (Å²) in [7, 11) is 0. The van der Waals surface area contributed by atoms with E-state index in [2.05, 4.69) is 0 Å². The molecule has 0 spiro atoms. The Balaban J connectivity index is 1.92. The molecule has 1 aromatic heterocycles. The number of aliphatic hydroxyl groups excluding tert-OH is 1. The van der Waals surface area contributed by atoms with Crippen LogP contribution in [0.4, 0.5) is 0 Å². The summed E-state index contributed by atoms with van der Waals surface area (Å²) in [6.45, 7) is 2.94. The van der Waals surface area contributed by atoms with Gasteiger partial charge < -0.3 is 19.0 Å². The van der Waals surface area contributed by atoms with E-state index in [0.29, 0.717) is 30.5 Å². The van der Waals surface area contributed by atoms with Crippen LogP contribution in [0.1, 0.15) is 23.2 Å². The fraction of sp³-hybridized carbons (Fsp3) is 0.286. The zero-order valence-electron chi connectivity index (χ0n) is 10.1. The molecule has 0 unspecified atom stereocenters. The van der Waals surface area contributed by atoms with Gasteiger partial charge in [0.2, 0.25) is 0 Å². The second kappa shape index (κ2) is 4.38. The highest BCUT2D eigenvalue weighted by atomic mass is 16.6. The lowest BCUT2D eigenvalue weighted by molar-refractivity contribution is 0.167. The molecule has 3 rings (SSSR count). The molecule has 1 aromatic carbocycles. The van der Waals surface area contributed by atoms with E-state index in [1.165, 1.54) is 0 Å². The molecule has 1 aliphatic rings. The highest BCUT2D eigenvalue weighted by Crippen LogP contribution is 2.34. The van der Waals surface area contributed by atoms with Gasteiger partial charge in [-0.3, -0.25) is 0 Å². The first kappa shape index (κ1) is 11.2. The molecule has 0 saturated carbocycles. The van der Waals surface area contributed by atoms with E-state index in [1.807, 2.05) is 25.1 Å². The SMILES string of the molecule is Cc1ccc([C@@H](O)c2ccc3c(c2)OCCO3)o1. The molecule has 4 heteroatoms. The van der Waals surface area contributed by atoms with Gasteiger partial charge in [0.05, 0.1) is 0 Å². The van der Waals surface area contributed by atoms with Gasteiger partial charge in [0.15, 0.2) is 11.5 Å². The molecule has 94 valence electrons. The molecular formula is C14H14O4. The standard InChI is InChI=1S/C14H14O4/c1-9-2-4-12(18-9)14(15)10-3-5-11-13(8-10)17-7-6-16-11/h2-5,8,14-15H,6-7H2,1H3/t14-/m0/s1. The van der Waals surface area contributed by atoms with Gasteiger partial charge in [0.25, 0.3) is 0 Å². The predicted octanol–water partition coefficient (Wildman–Crippen LogP) is 2.44. The lowest BCUT2D eigenvalue weighted by Gasteiger charge is -2.19. The van der Waals surface area contributed by atoms with Crippen molar-refractivity contribution in [1.82, 2.24) is 0 Å². The second-order valence-corrected chi connectivity index (χ2v) is 4.25. The summed E-state index contributed by atoms with van der Waals surface area (Å²) in [4.78, 5) is 0. The minimum Gasteiger partial charge on any atom is -0.486 e. The van der Waals surface area contributed by atoms with E-state index < -0.39 is 6.10 Å². The molecule has 2 aromatic rings. The summed E-state index contributed by atoms with van der Waals surface area (Å²) in [6, 6.07) is 9.02. The summed E-state index contributed by atoms with van der Waals surface area (Å²) < 4.78 is 16.3. The summed E-state index contributed by atoms with van der Waals surface area (Å²) in [5.74, 6) is 2.69. The zero-order valence-corrected chi connectivity index (χ0v) is 10.1. The fourth-order valence-corrected chi connectivity index (χ4v) is 1.99. The summed E-state index contributed by atoms with van der Waals surface area (Å²) in [6.07, 6.45) is -0.783. The number of furan rings is 1. The number of ether oxygens (including phenoxy) is 2. The van der Waals surface area contributed by atoms with E-state index in [9.17, 15) is 5.11 Å². The van der Waals surface area contributed by atoms with Crippen LogP contribution in [0.25, 0.3) is 0 Å². The zero-order chi connectivity index (χ0) is 12.5. The normalized spacial score (nSPS) is 15.4. The first-order valence-electron chi connectivity index (χ1n) is 5.88. The van der Waals surface area contributed by atoms with Gasteiger partial charge in [-0.2, -0.15) is 0 Å². The number of aliphatic hydroxyl groups is 1. The molecular weight excluding hydrogens is 232 g/mol. The van der Waals surface area contributed by atoms with Crippen molar-refractivity contribution >= 4 is 0 Å². The monoisotopic (exact) mass is 246 g/mol. The number of hydrogen-bond acceptors (Lipinski definition) is 4. The van der Waals surface area contributed by atoms with E-state index in [-0.39, 0.29) is 0 Å². The van der Waals surface area contributed by atoms with Crippen molar-refractivity contribution in [2.24, 2.45) is 0 Å². The van der Waals surface area contributed by atoms with E-state index in [0.717, 1.165) is 11.3 Å². The van der Waals surface area contributed by atoms with E-state index in [4.69, 9.17) is 13.9 Å². The Bertz CT molecular complexity index is 559. The lowest BCUT2D eigenvalue weighted by atomic mass is 10.1. The third-order valence-corrected chi connectivity index (χ3v) is 2.91. The fourth-order valence-electron chi connectivity index (χ4n) is 1.99. The number of benzene rings is 1. The maximum Gasteiger partial charge on any atom is 0.161 e. The van der Waals surface area contributed by atoms with Crippen molar-refractivity contribution < 1.29 is 19.0 Å². The van der Waals surface area contributed by atoms with Crippen LogP contribution in [-0.4, -0.2) is 18.3 Å². The molecule has 0 bridgehead atoms. The molecule has 4 nitrogen and oxygen atoms in total. The average Bonchev–Trinajstić information content (AvgIpc) is 2.84. The summed E-state index contributed by atoms with van der Waals surface area (Å²) >= 11 is 0. The molecule has 18 heavy (non-hydrogen) atoms. The predicted molar refractivity (Wildman–Crippen MR) is 64.9 cm³/mol. The number of rotatable bonds is 2. The summed E-state index contributed by atoms with van der Waals surface area (Å²) in [5.41, 5.74) is 0.730. The minimum absolute atomic E-state index is 0.532. The molecule has 0 radical (unpaired) electrons. The first-order chi connectivity index (χ1) is 8.74. The Kier molecular flexibility index (Phi) is 2.72. The van der Waals surface area contributed by atoms with Crippen LogP contribution >= 0.6 is 0 Å². The maximum absolute atomic E-state index is 10.2. The van der Waals surface area contributed by atoms with Crippen molar-refractivity contribution in [3.05, 3.63) is 47.4 Å². The third kappa shape index (κ3) is 1.95. The quantitative estimate of drug-likeness (QED) is 0.884. The van der Waals surface area contributed by atoms with Crippen molar-refractivity contribution in [3.8, 4) is 11.5 Å². The van der Waals surface area contributed by atoms with Gasteiger partial charge in [-0.05, 0) is 36.8 Å². The van der Waals surface area contributed by atoms with Gasteiger partial charge in [0, 0.05) is 0 Å². The Morgan fingerprint density at radius 1 is 1.06 bits per heavy atom.